The highest BCUT2D eigenvalue weighted by Gasteiger charge is 2.35. The number of benzene rings is 1. The highest BCUT2D eigenvalue weighted by molar-refractivity contribution is 5.66. The highest BCUT2D eigenvalue weighted by Crippen LogP contribution is 2.40. The Morgan fingerprint density at radius 3 is 2.59 bits per heavy atom. The van der Waals surface area contributed by atoms with Crippen molar-refractivity contribution in [2.75, 3.05) is 32.8 Å². The number of pyridine rings is 1. The van der Waals surface area contributed by atoms with Crippen molar-refractivity contribution in [1.29, 1.82) is 0 Å². The molecule has 11 heteroatoms. The second kappa shape index (κ2) is 11.6. The van der Waals surface area contributed by atoms with E-state index in [0.717, 1.165) is 36.2 Å². The van der Waals surface area contributed by atoms with Crippen LogP contribution in [0.3, 0.4) is 0 Å². The minimum absolute atomic E-state index is 0.0186. The van der Waals surface area contributed by atoms with Gasteiger partial charge in [-0.1, -0.05) is 6.92 Å². The Labute approximate surface area is 225 Å². The van der Waals surface area contributed by atoms with Crippen LogP contribution in [0.15, 0.2) is 48.9 Å². The highest BCUT2D eigenvalue weighted by atomic mass is 19.1. The first kappa shape index (κ1) is 26.9. The SMILES string of the molecule is COCCOc1cc(F)c(-c2ccc3cnc(Nc4cnccc4[C@H]4CC(N)[C@H](OC)[C@@H](C)C4)n3n2)c(F)c1. The average Bonchev–Trinajstić information content (AvgIpc) is 3.30. The maximum absolute atomic E-state index is 15.0. The van der Waals surface area contributed by atoms with Crippen LogP contribution in [-0.4, -0.2) is 59.2 Å². The van der Waals surface area contributed by atoms with Crippen molar-refractivity contribution in [3.05, 3.63) is 66.1 Å². The molecule has 4 atom stereocenters. The zero-order valence-corrected chi connectivity index (χ0v) is 22.1. The number of halogens is 2. The topological polar surface area (TPSA) is 109 Å². The quantitative estimate of drug-likeness (QED) is 0.296. The number of hydrogen-bond acceptors (Lipinski definition) is 8. The van der Waals surface area contributed by atoms with Gasteiger partial charge in [0.2, 0.25) is 5.95 Å². The third-order valence-electron chi connectivity index (χ3n) is 7.22. The van der Waals surface area contributed by atoms with Crippen molar-refractivity contribution in [3.63, 3.8) is 0 Å². The molecule has 0 amide bonds. The van der Waals surface area contributed by atoms with E-state index >= 15 is 0 Å². The van der Waals surface area contributed by atoms with Crippen molar-refractivity contribution in [2.24, 2.45) is 11.7 Å². The minimum Gasteiger partial charge on any atom is -0.491 e. The molecule has 9 nitrogen and oxygen atoms in total. The Bertz CT molecular complexity index is 1410. The number of aromatic nitrogens is 4. The van der Waals surface area contributed by atoms with E-state index in [0.29, 0.717) is 24.0 Å². The Balaban J connectivity index is 1.44. The minimum atomic E-state index is -0.782. The first-order valence-corrected chi connectivity index (χ1v) is 12.8. The van der Waals surface area contributed by atoms with Crippen LogP contribution in [-0.2, 0) is 9.47 Å². The molecule has 3 heterocycles. The summed E-state index contributed by atoms with van der Waals surface area (Å²) in [5.41, 5.74) is 8.80. The van der Waals surface area contributed by atoms with Gasteiger partial charge in [-0.25, -0.2) is 13.8 Å². The van der Waals surface area contributed by atoms with Gasteiger partial charge >= 0.3 is 0 Å². The van der Waals surface area contributed by atoms with Gasteiger partial charge in [0.1, 0.15) is 24.0 Å². The fraction of sp³-hybridized carbons (Fsp3) is 0.393. The molecule has 0 radical (unpaired) electrons. The Morgan fingerprint density at radius 1 is 1.08 bits per heavy atom. The first-order valence-electron chi connectivity index (χ1n) is 12.8. The summed E-state index contributed by atoms with van der Waals surface area (Å²) in [6, 6.07) is 7.44. The lowest BCUT2D eigenvalue weighted by Crippen LogP contribution is -2.45. The maximum atomic E-state index is 15.0. The van der Waals surface area contributed by atoms with Gasteiger partial charge in [-0.05, 0) is 48.4 Å². The number of fused-ring (bicyclic) bond motifs is 1. The molecule has 1 fully saturated rings. The number of anilines is 2. The molecule has 3 N–H and O–H groups in total. The number of rotatable bonds is 9. The van der Waals surface area contributed by atoms with E-state index in [-0.39, 0.29) is 41.7 Å². The number of nitrogens with two attached hydrogens (primary N) is 1. The lowest BCUT2D eigenvalue weighted by atomic mass is 9.74. The molecule has 3 aromatic heterocycles. The van der Waals surface area contributed by atoms with Gasteiger partial charge in [-0.15, -0.1) is 0 Å². The van der Waals surface area contributed by atoms with E-state index in [4.69, 9.17) is 19.9 Å². The van der Waals surface area contributed by atoms with Gasteiger partial charge in [0.05, 0.1) is 47.6 Å². The van der Waals surface area contributed by atoms with E-state index in [2.05, 4.69) is 27.3 Å². The Morgan fingerprint density at radius 2 is 1.87 bits per heavy atom. The second-order valence-electron chi connectivity index (χ2n) is 9.84. The number of ether oxygens (including phenoxy) is 3. The molecule has 1 unspecified atom stereocenters. The van der Waals surface area contributed by atoms with Crippen molar-refractivity contribution < 1.29 is 23.0 Å². The van der Waals surface area contributed by atoms with E-state index in [1.54, 1.807) is 37.8 Å². The smallest absolute Gasteiger partial charge is 0.229 e. The Hall–Kier alpha value is -3.67. The molecule has 1 saturated carbocycles. The van der Waals surface area contributed by atoms with Gasteiger partial charge < -0.3 is 25.3 Å². The van der Waals surface area contributed by atoms with Crippen LogP contribution in [0, 0.1) is 17.6 Å². The molecule has 0 bridgehead atoms. The van der Waals surface area contributed by atoms with Gasteiger partial charge in [-0.2, -0.15) is 9.61 Å². The normalized spacial score (nSPS) is 21.3. The third-order valence-corrected chi connectivity index (χ3v) is 7.22. The van der Waals surface area contributed by atoms with Crippen LogP contribution >= 0.6 is 0 Å². The molecule has 1 aromatic carbocycles. The van der Waals surface area contributed by atoms with E-state index in [9.17, 15) is 8.78 Å². The first-order chi connectivity index (χ1) is 18.9. The summed E-state index contributed by atoms with van der Waals surface area (Å²) in [6.45, 7) is 2.63. The molecular weight excluding hydrogens is 506 g/mol. The van der Waals surface area contributed by atoms with Crippen molar-refractivity contribution in [2.45, 2.75) is 37.8 Å². The molecule has 206 valence electrons. The van der Waals surface area contributed by atoms with Gasteiger partial charge in [0.25, 0.3) is 0 Å². The molecule has 39 heavy (non-hydrogen) atoms. The number of nitrogens with one attached hydrogen (secondary N) is 1. The van der Waals surface area contributed by atoms with Crippen LogP contribution in [0.4, 0.5) is 20.4 Å². The van der Waals surface area contributed by atoms with Crippen molar-refractivity contribution in [1.82, 2.24) is 19.6 Å². The number of imidazole rings is 1. The zero-order chi connectivity index (χ0) is 27.5. The van der Waals surface area contributed by atoms with Crippen molar-refractivity contribution >= 4 is 17.2 Å². The lowest BCUT2D eigenvalue weighted by Gasteiger charge is -2.38. The number of methoxy groups -OCH3 is 2. The summed E-state index contributed by atoms with van der Waals surface area (Å²) >= 11 is 0. The zero-order valence-electron chi connectivity index (χ0n) is 22.1. The molecule has 4 aromatic rings. The molecular formula is C28H32F2N6O3. The molecule has 1 aliphatic carbocycles. The summed E-state index contributed by atoms with van der Waals surface area (Å²) in [6.07, 6.45) is 6.84. The van der Waals surface area contributed by atoms with Crippen LogP contribution < -0.4 is 15.8 Å². The van der Waals surface area contributed by atoms with Gasteiger partial charge in [0.15, 0.2) is 0 Å². The average molecular weight is 539 g/mol. The molecule has 0 aliphatic heterocycles. The third kappa shape index (κ3) is 5.56. The fourth-order valence-electron chi connectivity index (χ4n) is 5.43. The predicted octanol–water partition coefficient (Wildman–Crippen LogP) is 4.69. The summed E-state index contributed by atoms with van der Waals surface area (Å²) in [5, 5.41) is 7.84. The summed E-state index contributed by atoms with van der Waals surface area (Å²) in [5.74, 6) is -0.595. The summed E-state index contributed by atoms with van der Waals surface area (Å²) in [7, 11) is 3.22. The fourth-order valence-corrected chi connectivity index (χ4v) is 5.43. The van der Waals surface area contributed by atoms with Crippen LogP contribution in [0.5, 0.6) is 5.75 Å². The Kier molecular flexibility index (Phi) is 8.01. The monoisotopic (exact) mass is 538 g/mol. The van der Waals surface area contributed by atoms with Gasteiger partial charge in [-0.3, -0.25) is 4.98 Å². The number of hydrogen-bond donors (Lipinski definition) is 2. The van der Waals surface area contributed by atoms with Crippen LogP contribution in [0.1, 0.15) is 31.2 Å². The van der Waals surface area contributed by atoms with Gasteiger partial charge in [0, 0.05) is 38.6 Å². The largest absolute Gasteiger partial charge is 0.491 e. The second-order valence-corrected chi connectivity index (χ2v) is 9.84. The van der Waals surface area contributed by atoms with E-state index < -0.39 is 11.6 Å². The molecule has 0 saturated heterocycles. The van der Waals surface area contributed by atoms with Crippen LogP contribution in [0.2, 0.25) is 0 Å². The summed E-state index contributed by atoms with van der Waals surface area (Å²) < 4.78 is 47.4. The maximum Gasteiger partial charge on any atom is 0.229 e. The van der Waals surface area contributed by atoms with E-state index in [1.165, 1.54) is 11.6 Å². The summed E-state index contributed by atoms with van der Waals surface area (Å²) in [4.78, 5) is 8.76. The van der Waals surface area contributed by atoms with Crippen LogP contribution in [0.25, 0.3) is 16.8 Å². The van der Waals surface area contributed by atoms with Crippen molar-refractivity contribution in [3.8, 4) is 17.0 Å². The lowest BCUT2D eigenvalue weighted by molar-refractivity contribution is 0.00984. The van der Waals surface area contributed by atoms with E-state index in [1.807, 2.05) is 6.07 Å². The molecule has 5 rings (SSSR count). The molecule has 1 aliphatic rings. The predicted molar refractivity (Wildman–Crippen MR) is 143 cm³/mol. The molecule has 0 spiro atoms. The number of nitrogens with zero attached hydrogens (tertiary/aromatic N) is 4. The standard InChI is InChI=1S/C28H32F2N6O3/c1-16-10-17(11-23(31)27(16)38-3)20-6-7-32-15-25(20)34-28-33-14-18-4-5-24(35-36(18)28)26-21(29)12-19(13-22(26)30)39-9-8-37-2/h4-7,12-17,23,27H,8-11,31H2,1-3H3,(H,33,34)/t16-,17+,23?,27+/m0/s1.